The lowest BCUT2D eigenvalue weighted by Crippen LogP contribution is -2.43. The van der Waals surface area contributed by atoms with Gasteiger partial charge in [-0.2, -0.15) is 0 Å². The summed E-state index contributed by atoms with van der Waals surface area (Å²) in [6.45, 7) is -0.249. The Bertz CT molecular complexity index is 347. The molecule has 0 aliphatic heterocycles. The van der Waals surface area contributed by atoms with Crippen LogP contribution in [0.2, 0.25) is 0 Å². The second kappa shape index (κ2) is 3.93. The van der Waals surface area contributed by atoms with Crippen molar-refractivity contribution in [2.45, 2.75) is 30.9 Å². The summed E-state index contributed by atoms with van der Waals surface area (Å²) in [5, 5.41) is 18.4. The van der Waals surface area contributed by atoms with E-state index in [1.807, 2.05) is 24.3 Å². The van der Waals surface area contributed by atoms with Crippen LogP contribution in [0, 0.1) is 0 Å². The second-order valence-corrected chi connectivity index (χ2v) is 4.33. The lowest BCUT2D eigenvalue weighted by atomic mass is 9.72. The SMILES string of the molecule is NC1(c2cccc(C(O)CO)c2)CCC1. The van der Waals surface area contributed by atoms with E-state index in [2.05, 4.69) is 0 Å². The molecule has 2 rings (SSSR count). The summed E-state index contributed by atoms with van der Waals surface area (Å²) in [7, 11) is 0. The maximum absolute atomic E-state index is 9.52. The maximum atomic E-state index is 9.52. The van der Waals surface area contributed by atoms with Gasteiger partial charge in [0, 0.05) is 5.54 Å². The standard InChI is InChI=1S/C12H17NO2/c13-12(5-2-6-12)10-4-1-3-9(7-10)11(15)8-14/h1,3-4,7,11,14-15H,2,5-6,8,13H2. The fraction of sp³-hybridized carbons (Fsp3) is 0.500. The zero-order chi connectivity index (χ0) is 10.9. The summed E-state index contributed by atoms with van der Waals surface area (Å²) in [6.07, 6.45) is 2.38. The van der Waals surface area contributed by atoms with E-state index in [0.717, 1.165) is 24.0 Å². The molecule has 1 aliphatic carbocycles. The first-order chi connectivity index (χ1) is 7.15. The van der Waals surface area contributed by atoms with Gasteiger partial charge in [0.15, 0.2) is 0 Å². The molecule has 1 aromatic carbocycles. The molecule has 0 saturated heterocycles. The van der Waals surface area contributed by atoms with Crippen LogP contribution in [-0.2, 0) is 5.54 Å². The number of rotatable bonds is 3. The average Bonchev–Trinajstić information content (AvgIpc) is 2.25. The van der Waals surface area contributed by atoms with Crippen molar-refractivity contribution in [1.29, 1.82) is 0 Å². The highest BCUT2D eigenvalue weighted by Crippen LogP contribution is 2.39. The molecule has 1 aliphatic rings. The van der Waals surface area contributed by atoms with Crippen molar-refractivity contribution < 1.29 is 10.2 Å². The molecule has 0 radical (unpaired) electrons. The van der Waals surface area contributed by atoms with Crippen LogP contribution in [0.25, 0.3) is 0 Å². The fourth-order valence-corrected chi connectivity index (χ4v) is 2.01. The van der Waals surface area contributed by atoms with Gasteiger partial charge >= 0.3 is 0 Å². The van der Waals surface area contributed by atoms with Crippen molar-refractivity contribution >= 4 is 0 Å². The molecular weight excluding hydrogens is 190 g/mol. The zero-order valence-electron chi connectivity index (χ0n) is 8.69. The summed E-state index contributed by atoms with van der Waals surface area (Å²) in [6, 6.07) is 7.59. The summed E-state index contributed by atoms with van der Waals surface area (Å²) in [4.78, 5) is 0. The van der Waals surface area contributed by atoms with Crippen LogP contribution in [-0.4, -0.2) is 16.8 Å². The Morgan fingerprint density at radius 2 is 2.13 bits per heavy atom. The first kappa shape index (κ1) is 10.6. The summed E-state index contributed by atoms with van der Waals surface area (Å²) < 4.78 is 0. The zero-order valence-corrected chi connectivity index (χ0v) is 8.69. The van der Waals surface area contributed by atoms with Gasteiger partial charge in [0.1, 0.15) is 6.10 Å². The summed E-state index contributed by atoms with van der Waals surface area (Å²) >= 11 is 0. The minimum atomic E-state index is -0.798. The number of aliphatic hydroxyl groups is 2. The molecule has 0 heterocycles. The predicted molar refractivity (Wildman–Crippen MR) is 58.2 cm³/mol. The molecule has 0 aromatic heterocycles. The van der Waals surface area contributed by atoms with Crippen LogP contribution >= 0.6 is 0 Å². The topological polar surface area (TPSA) is 66.5 Å². The average molecular weight is 207 g/mol. The minimum Gasteiger partial charge on any atom is -0.393 e. The molecule has 0 bridgehead atoms. The molecule has 15 heavy (non-hydrogen) atoms. The quantitative estimate of drug-likeness (QED) is 0.694. The van der Waals surface area contributed by atoms with E-state index >= 15 is 0 Å². The molecular formula is C12H17NO2. The molecule has 0 spiro atoms. The third-order valence-electron chi connectivity index (χ3n) is 3.27. The van der Waals surface area contributed by atoms with Gasteiger partial charge in [-0.1, -0.05) is 24.3 Å². The summed E-state index contributed by atoms with van der Waals surface area (Å²) in [5.74, 6) is 0. The van der Waals surface area contributed by atoms with Crippen molar-refractivity contribution in [2.75, 3.05) is 6.61 Å². The van der Waals surface area contributed by atoms with Gasteiger partial charge in [-0.05, 0) is 30.4 Å². The van der Waals surface area contributed by atoms with E-state index in [0.29, 0.717) is 0 Å². The highest BCUT2D eigenvalue weighted by molar-refractivity contribution is 5.32. The van der Waals surface area contributed by atoms with Crippen LogP contribution < -0.4 is 5.73 Å². The molecule has 4 N–H and O–H groups in total. The van der Waals surface area contributed by atoms with Gasteiger partial charge < -0.3 is 15.9 Å². The van der Waals surface area contributed by atoms with Crippen molar-refractivity contribution in [3.8, 4) is 0 Å². The van der Waals surface area contributed by atoms with Crippen LogP contribution in [0.3, 0.4) is 0 Å². The monoisotopic (exact) mass is 207 g/mol. The van der Waals surface area contributed by atoms with Gasteiger partial charge in [0.25, 0.3) is 0 Å². The van der Waals surface area contributed by atoms with E-state index < -0.39 is 6.10 Å². The van der Waals surface area contributed by atoms with E-state index in [-0.39, 0.29) is 12.1 Å². The van der Waals surface area contributed by atoms with Gasteiger partial charge in [-0.3, -0.25) is 0 Å². The Hall–Kier alpha value is -0.900. The lowest BCUT2D eigenvalue weighted by Gasteiger charge is -2.39. The highest BCUT2D eigenvalue weighted by Gasteiger charge is 2.34. The van der Waals surface area contributed by atoms with Gasteiger partial charge in [-0.15, -0.1) is 0 Å². The van der Waals surface area contributed by atoms with Crippen molar-refractivity contribution in [3.63, 3.8) is 0 Å². The van der Waals surface area contributed by atoms with Crippen molar-refractivity contribution in [3.05, 3.63) is 35.4 Å². The minimum absolute atomic E-state index is 0.203. The molecule has 1 fully saturated rings. The number of benzene rings is 1. The Labute approximate surface area is 89.5 Å². The normalized spacial score (nSPS) is 20.7. The molecule has 1 saturated carbocycles. The van der Waals surface area contributed by atoms with E-state index in [9.17, 15) is 5.11 Å². The van der Waals surface area contributed by atoms with Gasteiger partial charge in [0.05, 0.1) is 6.61 Å². The number of hydrogen-bond donors (Lipinski definition) is 3. The van der Waals surface area contributed by atoms with Crippen LogP contribution in [0.1, 0.15) is 36.5 Å². The molecule has 3 heteroatoms. The Kier molecular flexibility index (Phi) is 2.78. The maximum Gasteiger partial charge on any atom is 0.102 e. The Morgan fingerprint density at radius 1 is 1.40 bits per heavy atom. The van der Waals surface area contributed by atoms with Crippen molar-refractivity contribution in [2.24, 2.45) is 5.73 Å². The Morgan fingerprint density at radius 3 is 2.67 bits per heavy atom. The van der Waals surface area contributed by atoms with E-state index in [1.165, 1.54) is 6.42 Å². The third-order valence-corrected chi connectivity index (χ3v) is 3.27. The van der Waals surface area contributed by atoms with Gasteiger partial charge in [-0.25, -0.2) is 0 Å². The first-order valence-corrected chi connectivity index (χ1v) is 5.34. The summed E-state index contributed by atoms with van der Waals surface area (Å²) in [5.41, 5.74) is 7.80. The van der Waals surface area contributed by atoms with E-state index in [1.54, 1.807) is 0 Å². The fourth-order valence-electron chi connectivity index (χ4n) is 2.01. The molecule has 0 amide bonds. The lowest BCUT2D eigenvalue weighted by molar-refractivity contribution is 0.0953. The van der Waals surface area contributed by atoms with Crippen LogP contribution in [0.15, 0.2) is 24.3 Å². The highest BCUT2D eigenvalue weighted by atomic mass is 16.3. The molecule has 1 aromatic rings. The molecule has 1 atom stereocenters. The van der Waals surface area contributed by atoms with Crippen molar-refractivity contribution in [1.82, 2.24) is 0 Å². The third kappa shape index (κ3) is 1.91. The second-order valence-electron chi connectivity index (χ2n) is 4.33. The largest absolute Gasteiger partial charge is 0.393 e. The van der Waals surface area contributed by atoms with Gasteiger partial charge in [0.2, 0.25) is 0 Å². The number of nitrogens with two attached hydrogens (primary N) is 1. The smallest absolute Gasteiger partial charge is 0.102 e. The predicted octanol–water partition coefficient (Wildman–Crippen LogP) is 1.05. The number of aliphatic hydroxyl groups excluding tert-OH is 2. The van der Waals surface area contributed by atoms with Crippen LogP contribution in [0.5, 0.6) is 0 Å². The Balaban J connectivity index is 2.26. The molecule has 82 valence electrons. The van der Waals surface area contributed by atoms with Crippen LogP contribution in [0.4, 0.5) is 0 Å². The molecule has 3 nitrogen and oxygen atoms in total. The van der Waals surface area contributed by atoms with E-state index in [4.69, 9.17) is 10.8 Å². The molecule has 1 unspecified atom stereocenters. The first-order valence-electron chi connectivity index (χ1n) is 5.34. The number of hydrogen-bond acceptors (Lipinski definition) is 3.